The zero-order valence-corrected chi connectivity index (χ0v) is 14.0. The van der Waals surface area contributed by atoms with Gasteiger partial charge in [-0.15, -0.1) is 0 Å². The third-order valence-corrected chi connectivity index (χ3v) is 4.30. The molecule has 1 aromatic carbocycles. The summed E-state index contributed by atoms with van der Waals surface area (Å²) in [6.07, 6.45) is 3.10. The molecule has 2 amide bonds. The van der Waals surface area contributed by atoms with Crippen LogP contribution in [0.2, 0.25) is 0 Å². The van der Waals surface area contributed by atoms with E-state index >= 15 is 0 Å². The Morgan fingerprint density at radius 1 is 1.30 bits per heavy atom. The standard InChI is InChI=1S/C17H16BrN3O2/c18-13-6-7-15(19-10-13)21-16(22)8-5-12-9-11-3-1-2-4-14(11)20-17(12)23/h1-4,6-7,10,12H,5,8-9H2,(H,20,23)(H,19,21,22). The molecule has 2 heterocycles. The number of halogens is 1. The molecule has 6 heteroatoms. The van der Waals surface area contributed by atoms with E-state index in [1.807, 2.05) is 30.3 Å². The van der Waals surface area contributed by atoms with E-state index in [-0.39, 0.29) is 24.2 Å². The van der Waals surface area contributed by atoms with Crippen LogP contribution in [-0.4, -0.2) is 16.8 Å². The molecule has 0 radical (unpaired) electrons. The average molecular weight is 374 g/mol. The number of aromatic nitrogens is 1. The van der Waals surface area contributed by atoms with Gasteiger partial charge in [-0.3, -0.25) is 9.59 Å². The van der Waals surface area contributed by atoms with E-state index < -0.39 is 0 Å². The molecule has 3 rings (SSSR count). The number of rotatable bonds is 4. The highest BCUT2D eigenvalue weighted by Crippen LogP contribution is 2.27. The molecular weight excluding hydrogens is 358 g/mol. The number of carbonyl (C=O) groups excluding carboxylic acids is 2. The molecule has 0 fully saturated rings. The summed E-state index contributed by atoms with van der Waals surface area (Å²) in [6, 6.07) is 11.3. The Morgan fingerprint density at radius 3 is 2.91 bits per heavy atom. The van der Waals surface area contributed by atoms with Gasteiger partial charge in [-0.2, -0.15) is 0 Å². The fourth-order valence-corrected chi connectivity index (χ4v) is 2.84. The summed E-state index contributed by atoms with van der Waals surface area (Å²) in [5.74, 6) is 0.190. The molecule has 0 saturated carbocycles. The number of benzene rings is 1. The summed E-state index contributed by atoms with van der Waals surface area (Å²) < 4.78 is 0.855. The monoisotopic (exact) mass is 373 g/mol. The Hall–Kier alpha value is -2.21. The van der Waals surface area contributed by atoms with Gasteiger partial charge in [0.2, 0.25) is 11.8 Å². The minimum atomic E-state index is -0.173. The number of carbonyl (C=O) groups is 2. The zero-order valence-electron chi connectivity index (χ0n) is 12.4. The van der Waals surface area contributed by atoms with Gasteiger partial charge in [0.25, 0.3) is 0 Å². The van der Waals surface area contributed by atoms with Crippen molar-refractivity contribution in [3.05, 3.63) is 52.6 Å². The van der Waals surface area contributed by atoms with E-state index in [4.69, 9.17) is 0 Å². The second-order valence-electron chi connectivity index (χ2n) is 5.50. The van der Waals surface area contributed by atoms with Gasteiger partial charge in [-0.05, 0) is 52.5 Å². The van der Waals surface area contributed by atoms with Crippen LogP contribution in [0.15, 0.2) is 47.1 Å². The normalized spacial score (nSPS) is 16.4. The SMILES string of the molecule is O=C(CCC1Cc2ccccc2NC1=O)Nc1ccc(Br)cn1. The molecular formula is C17H16BrN3O2. The first-order valence-corrected chi connectivity index (χ1v) is 8.21. The van der Waals surface area contributed by atoms with Crippen LogP contribution in [0.1, 0.15) is 18.4 Å². The van der Waals surface area contributed by atoms with Crippen LogP contribution >= 0.6 is 15.9 Å². The third kappa shape index (κ3) is 3.96. The lowest BCUT2D eigenvalue weighted by Gasteiger charge is -2.24. The van der Waals surface area contributed by atoms with E-state index in [1.54, 1.807) is 12.3 Å². The maximum absolute atomic E-state index is 12.1. The number of pyridine rings is 1. The van der Waals surface area contributed by atoms with Gasteiger partial charge in [0.05, 0.1) is 0 Å². The second kappa shape index (κ2) is 6.91. The van der Waals surface area contributed by atoms with Crippen LogP contribution < -0.4 is 10.6 Å². The van der Waals surface area contributed by atoms with Crippen LogP contribution in [0.3, 0.4) is 0 Å². The second-order valence-corrected chi connectivity index (χ2v) is 6.41. The van der Waals surface area contributed by atoms with Crippen molar-refractivity contribution in [3.8, 4) is 0 Å². The summed E-state index contributed by atoms with van der Waals surface area (Å²) in [5.41, 5.74) is 1.99. The zero-order chi connectivity index (χ0) is 16.2. The lowest BCUT2D eigenvalue weighted by Crippen LogP contribution is -2.30. The molecule has 23 heavy (non-hydrogen) atoms. The van der Waals surface area contributed by atoms with Crippen molar-refractivity contribution in [2.24, 2.45) is 5.92 Å². The quantitative estimate of drug-likeness (QED) is 0.862. The number of nitrogens with one attached hydrogen (secondary N) is 2. The van der Waals surface area contributed by atoms with E-state index in [1.165, 1.54) is 0 Å². The summed E-state index contributed by atoms with van der Waals surface area (Å²) in [4.78, 5) is 28.2. The van der Waals surface area contributed by atoms with Gasteiger partial charge in [0.15, 0.2) is 0 Å². The molecule has 0 aliphatic carbocycles. The van der Waals surface area contributed by atoms with E-state index in [9.17, 15) is 9.59 Å². The maximum atomic E-state index is 12.1. The summed E-state index contributed by atoms with van der Waals surface area (Å²) in [6.45, 7) is 0. The van der Waals surface area contributed by atoms with Crippen molar-refractivity contribution >= 4 is 39.2 Å². The predicted octanol–water partition coefficient (Wildman–Crippen LogP) is 3.37. The molecule has 0 spiro atoms. The molecule has 118 valence electrons. The number of nitrogens with zero attached hydrogens (tertiary/aromatic N) is 1. The number of hydrogen-bond donors (Lipinski definition) is 2. The van der Waals surface area contributed by atoms with Crippen LogP contribution in [0.5, 0.6) is 0 Å². The molecule has 0 saturated heterocycles. The van der Waals surface area contributed by atoms with Gasteiger partial charge in [0, 0.05) is 28.7 Å². The fraction of sp³-hybridized carbons (Fsp3) is 0.235. The number of amides is 2. The number of para-hydroxylation sites is 1. The Balaban J connectivity index is 1.55. The first kappa shape index (κ1) is 15.7. The fourth-order valence-electron chi connectivity index (χ4n) is 2.61. The Labute approximate surface area is 142 Å². The van der Waals surface area contributed by atoms with E-state index in [2.05, 4.69) is 31.5 Å². The number of hydrogen-bond acceptors (Lipinski definition) is 3. The van der Waals surface area contributed by atoms with E-state index in [0.29, 0.717) is 18.7 Å². The Kier molecular flexibility index (Phi) is 4.71. The van der Waals surface area contributed by atoms with Crippen LogP contribution in [-0.2, 0) is 16.0 Å². The Morgan fingerprint density at radius 2 is 2.13 bits per heavy atom. The smallest absolute Gasteiger partial charge is 0.227 e. The van der Waals surface area contributed by atoms with Gasteiger partial charge in [-0.25, -0.2) is 4.98 Å². The van der Waals surface area contributed by atoms with E-state index in [0.717, 1.165) is 15.7 Å². The first-order valence-electron chi connectivity index (χ1n) is 7.42. The lowest BCUT2D eigenvalue weighted by atomic mass is 9.89. The van der Waals surface area contributed by atoms with Gasteiger partial charge >= 0.3 is 0 Å². The Bertz CT molecular complexity index is 731. The highest BCUT2D eigenvalue weighted by molar-refractivity contribution is 9.10. The number of fused-ring (bicyclic) bond motifs is 1. The van der Waals surface area contributed by atoms with Crippen molar-refractivity contribution in [3.63, 3.8) is 0 Å². The minimum Gasteiger partial charge on any atom is -0.326 e. The molecule has 1 atom stereocenters. The van der Waals surface area contributed by atoms with Crippen LogP contribution in [0.25, 0.3) is 0 Å². The third-order valence-electron chi connectivity index (χ3n) is 3.83. The molecule has 5 nitrogen and oxygen atoms in total. The van der Waals surface area contributed by atoms with Gasteiger partial charge in [0.1, 0.15) is 5.82 Å². The lowest BCUT2D eigenvalue weighted by molar-refractivity contribution is -0.121. The molecule has 1 unspecified atom stereocenters. The highest BCUT2D eigenvalue weighted by atomic mass is 79.9. The summed E-state index contributed by atoms with van der Waals surface area (Å²) >= 11 is 3.29. The van der Waals surface area contributed by atoms with Crippen LogP contribution in [0.4, 0.5) is 11.5 Å². The van der Waals surface area contributed by atoms with Crippen molar-refractivity contribution in [2.45, 2.75) is 19.3 Å². The minimum absolute atomic E-state index is 0.0155. The molecule has 1 aromatic heterocycles. The predicted molar refractivity (Wildman–Crippen MR) is 92.1 cm³/mol. The molecule has 0 bridgehead atoms. The number of anilines is 2. The summed E-state index contributed by atoms with van der Waals surface area (Å²) in [5, 5.41) is 5.64. The molecule has 1 aliphatic rings. The van der Waals surface area contributed by atoms with Crippen molar-refractivity contribution in [1.82, 2.24) is 4.98 Å². The highest BCUT2D eigenvalue weighted by Gasteiger charge is 2.26. The van der Waals surface area contributed by atoms with Crippen LogP contribution in [0, 0.1) is 5.92 Å². The molecule has 1 aliphatic heterocycles. The van der Waals surface area contributed by atoms with Gasteiger partial charge in [-0.1, -0.05) is 18.2 Å². The maximum Gasteiger partial charge on any atom is 0.227 e. The molecule has 2 aromatic rings. The molecule has 2 N–H and O–H groups in total. The van der Waals surface area contributed by atoms with Crippen molar-refractivity contribution in [1.29, 1.82) is 0 Å². The average Bonchev–Trinajstić information content (AvgIpc) is 2.55. The summed E-state index contributed by atoms with van der Waals surface area (Å²) in [7, 11) is 0. The first-order chi connectivity index (χ1) is 11.1. The van der Waals surface area contributed by atoms with Crippen molar-refractivity contribution < 1.29 is 9.59 Å². The van der Waals surface area contributed by atoms with Crippen molar-refractivity contribution in [2.75, 3.05) is 10.6 Å². The van der Waals surface area contributed by atoms with Gasteiger partial charge < -0.3 is 10.6 Å². The largest absolute Gasteiger partial charge is 0.326 e. The topological polar surface area (TPSA) is 71.1 Å².